The number of alkyl halides is 1. The highest BCUT2D eigenvalue weighted by molar-refractivity contribution is 9.09. The van der Waals surface area contributed by atoms with Crippen molar-refractivity contribution in [3.8, 4) is 0 Å². The normalized spacial score (nSPS) is 9.69. The average Bonchev–Trinajstić information content (AvgIpc) is 2.28. The van der Waals surface area contributed by atoms with Crippen LogP contribution < -0.4 is 5.32 Å². The topological polar surface area (TPSA) is 49.4 Å². The van der Waals surface area contributed by atoms with Crippen molar-refractivity contribution in [3.63, 3.8) is 0 Å². The second kappa shape index (κ2) is 5.65. The van der Waals surface area contributed by atoms with Crippen molar-refractivity contribution >= 4 is 33.4 Å². The predicted molar refractivity (Wildman–Crippen MR) is 66.9 cm³/mol. The van der Waals surface area contributed by atoms with E-state index >= 15 is 0 Å². The Balaban J connectivity index is 2.75. The third-order valence-electron chi connectivity index (χ3n) is 1.94. The third-order valence-corrected chi connectivity index (χ3v) is 2.45. The van der Waals surface area contributed by atoms with Crippen LogP contribution in [-0.2, 0) is 4.79 Å². The van der Waals surface area contributed by atoms with Gasteiger partial charge in [-0.25, -0.2) is 0 Å². The maximum Gasteiger partial charge on any atom is 0.253 e. The highest BCUT2D eigenvalue weighted by Gasteiger charge is 2.07. The molecule has 2 amide bonds. The Labute approximate surface area is 103 Å². The van der Waals surface area contributed by atoms with Crippen molar-refractivity contribution in [2.75, 3.05) is 24.7 Å². The standard InChI is InChI=1S/C11H13BrN2O2/c1-14(2)11(16)8-3-5-9(6-4-8)13-10(15)7-12/h3-6H,7H2,1-2H3,(H,13,15). The van der Waals surface area contributed by atoms with E-state index in [1.54, 1.807) is 38.4 Å². The number of carbonyl (C=O) groups is 2. The summed E-state index contributed by atoms with van der Waals surface area (Å²) < 4.78 is 0. The molecule has 0 atom stereocenters. The summed E-state index contributed by atoms with van der Waals surface area (Å²) in [7, 11) is 3.39. The Hall–Kier alpha value is -1.36. The van der Waals surface area contributed by atoms with E-state index in [4.69, 9.17) is 0 Å². The maximum atomic E-state index is 11.6. The van der Waals surface area contributed by atoms with Gasteiger partial charge < -0.3 is 10.2 Å². The number of hydrogen-bond acceptors (Lipinski definition) is 2. The first kappa shape index (κ1) is 12.7. The van der Waals surface area contributed by atoms with E-state index in [1.807, 2.05) is 0 Å². The van der Waals surface area contributed by atoms with Gasteiger partial charge in [0.2, 0.25) is 5.91 Å². The number of halogens is 1. The second-order valence-corrected chi connectivity index (χ2v) is 4.02. The SMILES string of the molecule is CN(C)C(=O)c1ccc(NC(=O)CBr)cc1. The van der Waals surface area contributed by atoms with Crippen LogP contribution in [0.4, 0.5) is 5.69 Å². The van der Waals surface area contributed by atoms with Gasteiger partial charge in [0.05, 0.1) is 5.33 Å². The zero-order valence-corrected chi connectivity index (χ0v) is 10.7. The van der Waals surface area contributed by atoms with Gasteiger partial charge in [0.15, 0.2) is 0 Å². The van der Waals surface area contributed by atoms with Crippen molar-refractivity contribution in [2.24, 2.45) is 0 Å². The maximum absolute atomic E-state index is 11.6. The summed E-state index contributed by atoms with van der Waals surface area (Å²) >= 11 is 3.06. The molecule has 0 saturated carbocycles. The largest absolute Gasteiger partial charge is 0.345 e. The lowest BCUT2D eigenvalue weighted by atomic mass is 10.2. The Bertz CT molecular complexity index is 387. The fourth-order valence-electron chi connectivity index (χ4n) is 1.15. The first-order valence-electron chi connectivity index (χ1n) is 4.72. The Morgan fingerprint density at radius 3 is 2.25 bits per heavy atom. The predicted octanol–water partition coefficient (Wildman–Crippen LogP) is 1.72. The highest BCUT2D eigenvalue weighted by Crippen LogP contribution is 2.10. The molecule has 0 unspecified atom stereocenters. The highest BCUT2D eigenvalue weighted by atomic mass is 79.9. The first-order chi connectivity index (χ1) is 7.54. The molecule has 0 bridgehead atoms. The molecule has 16 heavy (non-hydrogen) atoms. The molecule has 1 rings (SSSR count). The van der Waals surface area contributed by atoms with Crippen LogP contribution in [0.1, 0.15) is 10.4 Å². The van der Waals surface area contributed by atoms with Crippen LogP contribution in [0, 0.1) is 0 Å². The first-order valence-corrected chi connectivity index (χ1v) is 5.84. The summed E-state index contributed by atoms with van der Waals surface area (Å²) in [5.41, 5.74) is 1.28. The molecule has 1 aromatic rings. The number of benzene rings is 1. The minimum Gasteiger partial charge on any atom is -0.345 e. The lowest BCUT2D eigenvalue weighted by molar-refractivity contribution is -0.113. The van der Waals surface area contributed by atoms with Gasteiger partial charge >= 0.3 is 0 Å². The van der Waals surface area contributed by atoms with Gasteiger partial charge in [-0.3, -0.25) is 9.59 Å². The van der Waals surface area contributed by atoms with Crippen molar-refractivity contribution < 1.29 is 9.59 Å². The monoisotopic (exact) mass is 284 g/mol. The number of carbonyl (C=O) groups excluding carboxylic acids is 2. The van der Waals surface area contributed by atoms with Gasteiger partial charge in [-0.05, 0) is 24.3 Å². The Morgan fingerprint density at radius 1 is 1.25 bits per heavy atom. The van der Waals surface area contributed by atoms with E-state index in [2.05, 4.69) is 21.2 Å². The van der Waals surface area contributed by atoms with Crippen molar-refractivity contribution in [1.82, 2.24) is 4.90 Å². The third kappa shape index (κ3) is 3.34. The number of rotatable bonds is 3. The molecule has 1 N–H and O–H groups in total. The van der Waals surface area contributed by atoms with Crippen molar-refractivity contribution in [2.45, 2.75) is 0 Å². The second-order valence-electron chi connectivity index (χ2n) is 3.46. The van der Waals surface area contributed by atoms with Gasteiger partial charge in [0, 0.05) is 25.3 Å². The molecule has 0 spiro atoms. The van der Waals surface area contributed by atoms with Crippen LogP contribution >= 0.6 is 15.9 Å². The fourth-order valence-corrected chi connectivity index (χ4v) is 1.29. The molecule has 0 aromatic heterocycles. The molecular formula is C11H13BrN2O2. The molecule has 1 aromatic carbocycles. The Morgan fingerprint density at radius 2 is 1.81 bits per heavy atom. The summed E-state index contributed by atoms with van der Waals surface area (Å²) in [4.78, 5) is 24.1. The zero-order valence-electron chi connectivity index (χ0n) is 9.16. The average molecular weight is 285 g/mol. The van der Waals surface area contributed by atoms with Gasteiger partial charge in [-0.2, -0.15) is 0 Å². The number of anilines is 1. The van der Waals surface area contributed by atoms with Gasteiger partial charge in [0.25, 0.3) is 5.91 Å². The Kier molecular flexibility index (Phi) is 4.49. The smallest absolute Gasteiger partial charge is 0.253 e. The summed E-state index contributed by atoms with van der Waals surface area (Å²) in [5, 5.41) is 2.93. The molecule has 0 aliphatic heterocycles. The molecule has 86 valence electrons. The fraction of sp³-hybridized carbons (Fsp3) is 0.273. The summed E-state index contributed by atoms with van der Waals surface area (Å²) in [6, 6.07) is 6.78. The molecule has 0 fully saturated rings. The minimum absolute atomic E-state index is 0.0571. The van der Waals surface area contributed by atoms with E-state index in [9.17, 15) is 9.59 Å². The number of amides is 2. The molecule has 5 heteroatoms. The summed E-state index contributed by atoms with van der Waals surface area (Å²) in [5.74, 6) is -0.176. The van der Waals surface area contributed by atoms with Crippen molar-refractivity contribution in [1.29, 1.82) is 0 Å². The van der Waals surface area contributed by atoms with Crippen LogP contribution in [0.2, 0.25) is 0 Å². The minimum atomic E-state index is -0.119. The van der Waals surface area contributed by atoms with E-state index in [0.717, 1.165) is 0 Å². The van der Waals surface area contributed by atoms with E-state index in [-0.39, 0.29) is 17.1 Å². The summed E-state index contributed by atoms with van der Waals surface area (Å²) in [6.07, 6.45) is 0. The van der Waals surface area contributed by atoms with Gasteiger partial charge in [-0.1, -0.05) is 15.9 Å². The quantitative estimate of drug-likeness (QED) is 0.860. The molecule has 4 nitrogen and oxygen atoms in total. The molecule has 0 saturated heterocycles. The lowest BCUT2D eigenvalue weighted by Gasteiger charge is -2.10. The number of nitrogens with one attached hydrogen (secondary N) is 1. The number of nitrogens with zero attached hydrogens (tertiary/aromatic N) is 1. The molecule has 0 aliphatic rings. The van der Waals surface area contributed by atoms with Gasteiger partial charge in [-0.15, -0.1) is 0 Å². The van der Waals surface area contributed by atoms with E-state index in [1.165, 1.54) is 4.90 Å². The van der Waals surface area contributed by atoms with Crippen LogP contribution in [-0.4, -0.2) is 36.1 Å². The number of hydrogen-bond donors (Lipinski definition) is 1. The van der Waals surface area contributed by atoms with Crippen LogP contribution in [0.15, 0.2) is 24.3 Å². The zero-order chi connectivity index (χ0) is 12.1. The van der Waals surface area contributed by atoms with Crippen molar-refractivity contribution in [3.05, 3.63) is 29.8 Å². The molecular weight excluding hydrogens is 272 g/mol. The van der Waals surface area contributed by atoms with E-state index < -0.39 is 0 Å². The molecule has 0 heterocycles. The summed E-state index contributed by atoms with van der Waals surface area (Å²) in [6.45, 7) is 0. The van der Waals surface area contributed by atoms with Crippen LogP contribution in [0.5, 0.6) is 0 Å². The van der Waals surface area contributed by atoms with E-state index in [0.29, 0.717) is 11.3 Å². The van der Waals surface area contributed by atoms with Crippen LogP contribution in [0.25, 0.3) is 0 Å². The molecule has 0 aliphatic carbocycles. The van der Waals surface area contributed by atoms with Gasteiger partial charge in [0.1, 0.15) is 0 Å². The lowest BCUT2D eigenvalue weighted by Crippen LogP contribution is -2.21. The molecule has 0 radical (unpaired) electrons. The van der Waals surface area contributed by atoms with Crippen LogP contribution in [0.3, 0.4) is 0 Å².